The zero-order chi connectivity index (χ0) is 14.5. The van der Waals surface area contributed by atoms with Crippen LogP contribution in [0.5, 0.6) is 0 Å². The Morgan fingerprint density at radius 1 is 1.30 bits per heavy atom. The van der Waals surface area contributed by atoms with Crippen molar-refractivity contribution in [3.8, 4) is 0 Å². The van der Waals surface area contributed by atoms with E-state index >= 15 is 0 Å². The standard InChI is InChI=1S/C16H21NO3/c1-2-4-12-6-8-13(9-7-12)15(18)17-10-3-5-14(11-17)16(19)20/h6-9,14H,2-5,10-11H2,1H3,(H,19,20). The molecule has 0 radical (unpaired) electrons. The highest BCUT2D eigenvalue weighted by molar-refractivity contribution is 5.94. The molecule has 1 aliphatic heterocycles. The zero-order valence-corrected chi connectivity index (χ0v) is 11.8. The topological polar surface area (TPSA) is 57.6 Å². The first kappa shape index (κ1) is 14.6. The molecule has 20 heavy (non-hydrogen) atoms. The summed E-state index contributed by atoms with van der Waals surface area (Å²) in [6.07, 6.45) is 3.52. The lowest BCUT2D eigenvalue weighted by Gasteiger charge is -2.30. The molecule has 0 aromatic heterocycles. The summed E-state index contributed by atoms with van der Waals surface area (Å²) < 4.78 is 0. The normalized spacial score (nSPS) is 18.9. The predicted molar refractivity (Wildman–Crippen MR) is 76.7 cm³/mol. The minimum absolute atomic E-state index is 0.0565. The number of aliphatic carboxylic acids is 1. The summed E-state index contributed by atoms with van der Waals surface area (Å²) in [6, 6.07) is 7.65. The lowest BCUT2D eigenvalue weighted by Crippen LogP contribution is -2.42. The van der Waals surface area contributed by atoms with Gasteiger partial charge in [-0.1, -0.05) is 25.5 Å². The first-order valence-corrected chi connectivity index (χ1v) is 7.23. The van der Waals surface area contributed by atoms with Gasteiger partial charge >= 0.3 is 5.97 Å². The molecule has 1 aromatic rings. The van der Waals surface area contributed by atoms with E-state index in [-0.39, 0.29) is 5.91 Å². The van der Waals surface area contributed by atoms with Crippen LogP contribution < -0.4 is 0 Å². The first-order chi connectivity index (χ1) is 9.61. The van der Waals surface area contributed by atoms with Gasteiger partial charge in [0.25, 0.3) is 5.91 Å². The predicted octanol–water partition coefficient (Wildman–Crippen LogP) is 2.58. The highest BCUT2D eigenvalue weighted by Gasteiger charge is 2.28. The maximum Gasteiger partial charge on any atom is 0.308 e. The van der Waals surface area contributed by atoms with Crippen LogP contribution in [0.15, 0.2) is 24.3 Å². The Kier molecular flexibility index (Phi) is 4.77. The molecule has 1 aliphatic rings. The number of benzene rings is 1. The molecule has 1 unspecified atom stereocenters. The number of hydrogen-bond acceptors (Lipinski definition) is 2. The number of hydrogen-bond donors (Lipinski definition) is 1. The lowest BCUT2D eigenvalue weighted by molar-refractivity contribution is -0.143. The van der Waals surface area contributed by atoms with Crippen LogP contribution >= 0.6 is 0 Å². The minimum Gasteiger partial charge on any atom is -0.481 e. The Morgan fingerprint density at radius 3 is 2.60 bits per heavy atom. The van der Waals surface area contributed by atoms with Crippen molar-refractivity contribution in [3.63, 3.8) is 0 Å². The molecule has 1 saturated heterocycles. The number of piperidine rings is 1. The van der Waals surface area contributed by atoms with Gasteiger partial charge in [-0.15, -0.1) is 0 Å². The molecule has 0 spiro atoms. The van der Waals surface area contributed by atoms with E-state index in [1.54, 1.807) is 4.90 Å². The summed E-state index contributed by atoms with van der Waals surface area (Å²) in [6.45, 7) is 3.10. The van der Waals surface area contributed by atoms with Gasteiger partial charge in [0.1, 0.15) is 0 Å². The summed E-state index contributed by atoms with van der Waals surface area (Å²) in [5.41, 5.74) is 1.88. The molecular formula is C16H21NO3. The van der Waals surface area contributed by atoms with Crippen LogP contribution in [0.1, 0.15) is 42.1 Å². The van der Waals surface area contributed by atoms with Crippen LogP contribution in [0.4, 0.5) is 0 Å². The van der Waals surface area contributed by atoms with Gasteiger partial charge in [-0.3, -0.25) is 9.59 Å². The number of likely N-dealkylation sites (tertiary alicyclic amines) is 1. The molecule has 0 aliphatic carbocycles. The number of aryl methyl sites for hydroxylation is 1. The summed E-state index contributed by atoms with van der Waals surface area (Å²) in [5, 5.41) is 9.07. The van der Waals surface area contributed by atoms with Gasteiger partial charge in [0.2, 0.25) is 0 Å². The molecule has 4 heteroatoms. The Bertz CT molecular complexity index is 481. The Morgan fingerprint density at radius 2 is 2.00 bits per heavy atom. The smallest absolute Gasteiger partial charge is 0.308 e. The molecule has 0 bridgehead atoms. The largest absolute Gasteiger partial charge is 0.481 e. The third-order valence-electron chi connectivity index (χ3n) is 3.80. The second-order valence-corrected chi connectivity index (χ2v) is 5.38. The Labute approximate surface area is 119 Å². The fourth-order valence-electron chi connectivity index (χ4n) is 2.65. The number of nitrogens with zero attached hydrogens (tertiary/aromatic N) is 1. The molecule has 1 atom stereocenters. The van der Waals surface area contributed by atoms with E-state index in [1.807, 2.05) is 24.3 Å². The molecule has 108 valence electrons. The Balaban J connectivity index is 2.04. The van der Waals surface area contributed by atoms with Crippen LogP contribution in [-0.2, 0) is 11.2 Å². The maximum absolute atomic E-state index is 12.4. The van der Waals surface area contributed by atoms with E-state index in [0.29, 0.717) is 25.1 Å². The second-order valence-electron chi connectivity index (χ2n) is 5.38. The van der Waals surface area contributed by atoms with Crippen molar-refractivity contribution in [2.45, 2.75) is 32.6 Å². The second kappa shape index (κ2) is 6.55. The number of amides is 1. The van der Waals surface area contributed by atoms with Crippen molar-refractivity contribution < 1.29 is 14.7 Å². The van der Waals surface area contributed by atoms with E-state index in [0.717, 1.165) is 19.3 Å². The van der Waals surface area contributed by atoms with Crippen molar-refractivity contribution in [1.29, 1.82) is 0 Å². The van der Waals surface area contributed by atoms with Crippen LogP contribution in [0.25, 0.3) is 0 Å². The minimum atomic E-state index is -0.805. The third kappa shape index (κ3) is 3.38. The summed E-state index contributed by atoms with van der Waals surface area (Å²) >= 11 is 0. The molecular weight excluding hydrogens is 254 g/mol. The fourth-order valence-corrected chi connectivity index (χ4v) is 2.65. The van der Waals surface area contributed by atoms with E-state index in [4.69, 9.17) is 5.11 Å². The number of carbonyl (C=O) groups excluding carboxylic acids is 1. The zero-order valence-electron chi connectivity index (χ0n) is 11.8. The van der Waals surface area contributed by atoms with Crippen molar-refractivity contribution in [3.05, 3.63) is 35.4 Å². The number of carboxylic acids is 1. The van der Waals surface area contributed by atoms with Crippen molar-refractivity contribution in [1.82, 2.24) is 4.90 Å². The van der Waals surface area contributed by atoms with Gasteiger partial charge in [-0.25, -0.2) is 0 Å². The van der Waals surface area contributed by atoms with Crippen LogP contribution in [-0.4, -0.2) is 35.0 Å². The molecule has 0 saturated carbocycles. The monoisotopic (exact) mass is 275 g/mol. The fraction of sp³-hybridized carbons (Fsp3) is 0.500. The van der Waals surface area contributed by atoms with Crippen LogP contribution in [0.2, 0.25) is 0 Å². The summed E-state index contributed by atoms with van der Waals surface area (Å²) in [4.78, 5) is 25.1. The lowest BCUT2D eigenvalue weighted by atomic mass is 9.97. The quantitative estimate of drug-likeness (QED) is 0.918. The number of carbonyl (C=O) groups is 2. The van der Waals surface area contributed by atoms with Gasteiger partial charge in [-0.2, -0.15) is 0 Å². The molecule has 1 heterocycles. The van der Waals surface area contributed by atoms with E-state index in [1.165, 1.54) is 5.56 Å². The molecule has 1 N–H and O–H groups in total. The van der Waals surface area contributed by atoms with Gasteiger partial charge in [-0.05, 0) is 37.0 Å². The molecule has 4 nitrogen and oxygen atoms in total. The first-order valence-electron chi connectivity index (χ1n) is 7.23. The van der Waals surface area contributed by atoms with E-state index < -0.39 is 11.9 Å². The average Bonchev–Trinajstić information content (AvgIpc) is 2.48. The molecule has 1 fully saturated rings. The number of rotatable bonds is 4. The van der Waals surface area contributed by atoms with Gasteiger partial charge in [0.15, 0.2) is 0 Å². The third-order valence-corrected chi connectivity index (χ3v) is 3.80. The molecule has 1 amide bonds. The van der Waals surface area contributed by atoms with Gasteiger partial charge < -0.3 is 10.0 Å². The number of carboxylic acid groups (broad SMARTS) is 1. The van der Waals surface area contributed by atoms with Gasteiger partial charge in [0.05, 0.1) is 5.92 Å². The van der Waals surface area contributed by atoms with E-state index in [2.05, 4.69) is 6.92 Å². The Hall–Kier alpha value is -1.84. The van der Waals surface area contributed by atoms with Crippen molar-refractivity contribution in [2.75, 3.05) is 13.1 Å². The summed E-state index contributed by atoms with van der Waals surface area (Å²) in [7, 11) is 0. The van der Waals surface area contributed by atoms with E-state index in [9.17, 15) is 9.59 Å². The molecule has 1 aromatic carbocycles. The van der Waals surface area contributed by atoms with Gasteiger partial charge in [0, 0.05) is 18.7 Å². The maximum atomic E-state index is 12.4. The molecule has 2 rings (SSSR count). The average molecular weight is 275 g/mol. The van der Waals surface area contributed by atoms with Crippen LogP contribution in [0.3, 0.4) is 0 Å². The van der Waals surface area contributed by atoms with Crippen molar-refractivity contribution in [2.24, 2.45) is 5.92 Å². The summed E-state index contributed by atoms with van der Waals surface area (Å²) in [5.74, 6) is -1.29. The SMILES string of the molecule is CCCc1ccc(C(=O)N2CCCC(C(=O)O)C2)cc1. The highest BCUT2D eigenvalue weighted by Crippen LogP contribution is 2.19. The van der Waals surface area contributed by atoms with Crippen LogP contribution in [0, 0.1) is 5.92 Å². The van der Waals surface area contributed by atoms with Crippen molar-refractivity contribution >= 4 is 11.9 Å². The highest BCUT2D eigenvalue weighted by atomic mass is 16.4.